The molecule has 0 radical (unpaired) electrons. The molecule has 2 aliphatic rings. The Bertz CT molecular complexity index is 286. The van der Waals surface area contributed by atoms with Crippen LogP contribution in [0.3, 0.4) is 0 Å². The number of carbonyl (C=O) groups excluding carboxylic acids is 1. The van der Waals surface area contributed by atoms with Crippen molar-refractivity contribution in [1.29, 1.82) is 0 Å². The van der Waals surface area contributed by atoms with E-state index in [1.165, 1.54) is 44.9 Å². The van der Waals surface area contributed by atoms with E-state index in [1.807, 2.05) is 0 Å². The molecule has 1 fully saturated rings. The SMILES string of the molecule is COC(=O)C[C@H]1CCCC[C@@H]1C1=NCCC1. The second-order valence-corrected chi connectivity index (χ2v) is 4.91. The van der Waals surface area contributed by atoms with Gasteiger partial charge >= 0.3 is 5.97 Å². The van der Waals surface area contributed by atoms with Crippen LogP contribution in [-0.4, -0.2) is 25.3 Å². The van der Waals surface area contributed by atoms with Crippen LogP contribution in [0.25, 0.3) is 0 Å². The van der Waals surface area contributed by atoms with Gasteiger partial charge in [0, 0.05) is 24.6 Å². The molecule has 0 spiro atoms. The molecule has 0 aromatic carbocycles. The summed E-state index contributed by atoms with van der Waals surface area (Å²) in [4.78, 5) is 16.0. The number of aliphatic imine (C=N–C) groups is 1. The highest BCUT2D eigenvalue weighted by Gasteiger charge is 2.31. The minimum absolute atomic E-state index is 0.0597. The molecule has 1 saturated carbocycles. The Morgan fingerprint density at radius 3 is 2.88 bits per heavy atom. The van der Waals surface area contributed by atoms with Crippen molar-refractivity contribution in [1.82, 2.24) is 0 Å². The van der Waals surface area contributed by atoms with Gasteiger partial charge in [-0.25, -0.2) is 0 Å². The number of ether oxygens (including phenoxy) is 1. The third-order valence-electron chi connectivity index (χ3n) is 3.90. The van der Waals surface area contributed by atoms with Crippen LogP contribution in [0.5, 0.6) is 0 Å². The summed E-state index contributed by atoms with van der Waals surface area (Å²) in [5, 5.41) is 0. The van der Waals surface area contributed by atoms with Gasteiger partial charge in [-0.05, 0) is 31.6 Å². The summed E-state index contributed by atoms with van der Waals surface area (Å²) in [6.07, 6.45) is 7.88. The Hall–Kier alpha value is -0.860. The molecule has 2 atom stereocenters. The second-order valence-electron chi connectivity index (χ2n) is 4.91. The molecular weight excluding hydrogens is 202 g/mol. The summed E-state index contributed by atoms with van der Waals surface area (Å²) in [5.74, 6) is 0.990. The number of rotatable bonds is 3. The maximum Gasteiger partial charge on any atom is 0.305 e. The highest BCUT2D eigenvalue weighted by molar-refractivity contribution is 5.88. The minimum atomic E-state index is -0.0597. The quantitative estimate of drug-likeness (QED) is 0.690. The van der Waals surface area contributed by atoms with Gasteiger partial charge in [0.15, 0.2) is 0 Å². The fourth-order valence-electron chi connectivity index (χ4n) is 3.05. The fraction of sp³-hybridized carbons (Fsp3) is 0.846. The van der Waals surface area contributed by atoms with E-state index in [0.717, 1.165) is 13.0 Å². The largest absolute Gasteiger partial charge is 0.469 e. The van der Waals surface area contributed by atoms with Crippen molar-refractivity contribution in [2.45, 2.75) is 44.9 Å². The Kier molecular flexibility index (Phi) is 3.97. The molecule has 0 aromatic heterocycles. The van der Waals surface area contributed by atoms with Gasteiger partial charge in [0.1, 0.15) is 0 Å². The number of hydrogen-bond donors (Lipinski definition) is 0. The molecule has 0 unspecified atom stereocenters. The van der Waals surface area contributed by atoms with Crippen LogP contribution in [0.1, 0.15) is 44.9 Å². The van der Waals surface area contributed by atoms with Gasteiger partial charge in [-0.2, -0.15) is 0 Å². The number of nitrogens with zero attached hydrogens (tertiary/aromatic N) is 1. The van der Waals surface area contributed by atoms with Crippen LogP contribution < -0.4 is 0 Å². The van der Waals surface area contributed by atoms with E-state index < -0.39 is 0 Å². The van der Waals surface area contributed by atoms with E-state index in [2.05, 4.69) is 4.99 Å². The van der Waals surface area contributed by atoms with E-state index in [1.54, 1.807) is 0 Å². The Labute approximate surface area is 97.3 Å². The molecule has 0 amide bonds. The first-order valence-electron chi connectivity index (χ1n) is 6.41. The van der Waals surface area contributed by atoms with Crippen LogP contribution in [0.4, 0.5) is 0 Å². The first-order chi connectivity index (χ1) is 7.81. The zero-order valence-corrected chi connectivity index (χ0v) is 10.1. The zero-order valence-electron chi connectivity index (χ0n) is 10.1. The molecule has 1 aliphatic carbocycles. The number of esters is 1. The van der Waals surface area contributed by atoms with E-state index in [9.17, 15) is 4.79 Å². The van der Waals surface area contributed by atoms with Crippen LogP contribution in [0, 0.1) is 11.8 Å². The molecule has 0 N–H and O–H groups in total. The zero-order chi connectivity index (χ0) is 11.4. The van der Waals surface area contributed by atoms with E-state index in [4.69, 9.17) is 4.74 Å². The molecular formula is C13H21NO2. The summed E-state index contributed by atoms with van der Waals surface area (Å²) >= 11 is 0. The molecule has 1 heterocycles. The topological polar surface area (TPSA) is 38.7 Å². The molecule has 0 bridgehead atoms. The smallest absolute Gasteiger partial charge is 0.305 e. The molecule has 2 rings (SSSR count). The predicted molar refractivity (Wildman–Crippen MR) is 63.6 cm³/mol. The van der Waals surface area contributed by atoms with Gasteiger partial charge in [-0.3, -0.25) is 9.79 Å². The maximum absolute atomic E-state index is 11.4. The third kappa shape index (κ3) is 2.63. The molecule has 1 aliphatic heterocycles. The third-order valence-corrected chi connectivity index (χ3v) is 3.90. The molecule has 90 valence electrons. The first kappa shape index (κ1) is 11.6. The summed E-state index contributed by atoms with van der Waals surface area (Å²) in [6.45, 7) is 0.997. The minimum Gasteiger partial charge on any atom is -0.469 e. The Balaban J connectivity index is 1.99. The molecule has 0 saturated heterocycles. The van der Waals surface area contributed by atoms with Gasteiger partial charge in [0.2, 0.25) is 0 Å². The highest BCUT2D eigenvalue weighted by Crippen LogP contribution is 2.35. The van der Waals surface area contributed by atoms with Gasteiger partial charge < -0.3 is 4.74 Å². The standard InChI is InChI=1S/C13H21NO2/c1-16-13(15)9-10-5-2-3-6-11(10)12-7-4-8-14-12/h10-11H,2-9H2,1H3/t10-,11+/m1/s1. The van der Waals surface area contributed by atoms with Crippen LogP contribution in [-0.2, 0) is 9.53 Å². The lowest BCUT2D eigenvalue weighted by molar-refractivity contribution is -0.142. The van der Waals surface area contributed by atoms with E-state index in [0.29, 0.717) is 18.3 Å². The van der Waals surface area contributed by atoms with Crippen molar-refractivity contribution in [3.8, 4) is 0 Å². The molecule has 3 nitrogen and oxygen atoms in total. The first-order valence-corrected chi connectivity index (χ1v) is 6.41. The molecule has 0 aromatic rings. The monoisotopic (exact) mass is 223 g/mol. The number of hydrogen-bond acceptors (Lipinski definition) is 3. The average molecular weight is 223 g/mol. The van der Waals surface area contributed by atoms with Crippen LogP contribution >= 0.6 is 0 Å². The molecule has 3 heteroatoms. The lowest BCUT2D eigenvalue weighted by Gasteiger charge is -2.31. The van der Waals surface area contributed by atoms with Crippen molar-refractivity contribution in [2.24, 2.45) is 16.8 Å². The van der Waals surface area contributed by atoms with E-state index in [-0.39, 0.29) is 5.97 Å². The summed E-state index contributed by atoms with van der Waals surface area (Å²) in [6, 6.07) is 0. The summed E-state index contributed by atoms with van der Waals surface area (Å²) in [5.41, 5.74) is 1.38. The van der Waals surface area contributed by atoms with Gasteiger partial charge in [-0.15, -0.1) is 0 Å². The summed E-state index contributed by atoms with van der Waals surface area (Å²) < 4.78 is 4.79. The Morgan fingerprint density at radius 2 is 2.19 bits per heavy atom. The highest BCUT2D eigenvalue weighted by atomic mass is 16.5. The van der Waals surface area contributed by atoms with Crippen molar-refractivity contribution in [2.75, 3.05) is 13.7 Å². The van der Waals surface area contributed by atoms with Crippen molar-refractivity contribution in [3.63, 3.8) is 0 Å². The fourth-order valence-corrected chi connectivity index (χ4v) is 3.05. The van der Waals surface area contributed by atoms with Gasteiger partial charge in [0.25, 0.3) is 0 Å². The molecule has 16 heavy (non-hydrogen) atoms. The summed E-state index contributed by atoms with van der Waals surface area (Å²) in [7, 11) is 1.48. The second kappa shape index (κ2) is 5.46. The number of carbonyl (C=O) groups is 1. The van der Waals surface area contributed by atoms with Crippen LogP contribution in [0.15, 0.2) is 4.99 Å². The van der Waals surface area contributed by atoms with Crippen molar-refractivity contribution < 1.29 is 9.53 Å². The van der Waals surface area contributed by atoms with E-state index >= 15 is 0 Å². The predicted octanol–water partition coefficient (Wildman–Crippen LogP) is 2.59. The number of methoxy groups -OCH3 is 1. The lowest BCUT2D eigenvalue weighted by Crippen LogP contribution is -2.28. The Morgan fingerprint density at radius 1 is 1.38 bits per heavy atom. The lowest BCUT2D eigenvalue weighted by atomic mass is 9.74. The average Bonchev–Trinajstić information content (AvgIpc) is 2.83. The normalized spacial score (nSPS) is 29.9. The van der Waals surface area contributed by atoms with Crippen molar-refractivity contribution >= 4 is 11.7 Å². The van der Waals surface area contributed by atoms with Crippen molar-refractivity contribution in [3.05, 3.63) is 0 Å². The van der Waals surface area contributed by atoms with Gasteiger partial charge in [-0.1, -0.05) is 12.8 Å². The van der Waals surface area contributed by atoms with Crippen LogP contribution in [0.2, 0.25) is 0 Å². The maximum atomic E-state index is 11.4. The van der Waals surface area contributed by atoms with Gasteiger partial charge in [0.05, 0.1) is 7.11 Å².